The zero-order valence-corrected chi connectivity index (χ0v) is 11.6. The Morgan fingerprint density at radius 2 is 2.00 bits per heavy atom. The summed E-state index contributed by atoms with van der Waals surface area (Å²) in [5.41, 5.74) is 1.49. The third-order valence-electron chi connectivity index (χ3n) is 3.01. The summed E-state index contributed by atoms with van der Waals surface area (Å²) < 4.78 is 1.32. The first-order valence-corrected chi connectivity index (χ1v) is 6.37. The van der Waals surface area contributed by atoms with E-state index in [1.165, 1.54) is 17.0 Å². The van der Waals surface area contributed by atoms with Gasteiger partial charge in [0.15, 0.2) is 0 Å². The van der Waals surface area contributed by atoms with E-state index in [0.29, 0.717) is 12.2 Å². The fourth-order valence-electron chi connectivity index (χ4n) is 1.85. The molecule has 20 heavy (non-hydrogen) atoms. The molecule has 5 heteroatoms. The van der Waals surface area contributed by atoms with Crippen LogP contribution in [0.15, 0.2) is 47.5 Å². The summed E-state index contributed by atoms with van der Waals surface area (Å²) in [5, 5.41) is 0. The maximum atomic E-state index is 12.1. The lowest BCUT2D eigenvalue weighted by atomic mass is 10.2. The van der Waals surface area contributed by atoms with Gasteiger partial charge in [-0.25, -0.2) is 4.98 Å². The van der Waals surface area contributed by atoms with Gasteiger partial charge in [0.25, 0.3) is 5.56 Å². The topological polar surface area (TPSA) is 55.2 Å². The molecule has 0 spiro atoms. The fraction of sp³-hybridized carbons (Fsp3) is 0.267. The van der Waals surface area contributed by atoms with Crippen molar-refractivity contribution >= 4 is 5.91 Å². The van der Waals surface area contributed by atoms with E-state index in [1.54, 1.807) is 18.9 Å². The zero-order valence-electron chi connectivity index (χ0n) is 11.6. The van der Waals surface area contributed by atoms with Crippen LogP contribution in [0.1, 0.15) is 11.3 Å². The number of hydrogen-bond acceptors (Lipinski definition) is 3. The molecular formula is C15H17N3O2. The summed E-state index contributed by atoms with van der Waals surface area (Å²) in [7, 11) is 1.72. The van der Waals surface area contributed by atoms with Gasteiger partial charge in [-0.15, -0.1) is 0 Å². The Labute approximate surface area is 117 Å². The average molecular weight is 271 g/mol. The minimum Gasteiger partial charge on any atom is -0.340 e. The molecule has 5 nitrogen and oxygen atoms in total. The lowest BCUT2D eigenvalue weighted by Crippen LogP contribution is -2.33. The van der Waals surface area contributed by atoms with E-state index in [0.717, 1.165) is 5.56 Å². The molecule has 0 radical (unpaired) electrons. The predicted molar refractivity (Wildman–Crippen MR) is 76.2 cm³/mol. The predicted octanol–water partition coefficient (Wildman–Crippen LogP) is 1.21. The summed E-state index contributed by atoms with van der Waals surface area (Å²) in [5.74, 6) is -0.124. The van der Waals surface area contributed by atoms with Gasteiger partial charge in [0.05, 0.1) is 6.33 Å². The molecule has 1 amide bonds. The SMILES string of the molecule is Cc1cc(=O)n(CC(=O)N(C)Cc2ccccc2)cn1. The van der Waals surface area contributed by atoms with Gasteiger partial charge in [0, 0.05) is 25.4 Å². The zero-order chi connectivity index (χ0) is 14.5. The standard InChI is InChI=1S/C15H17N3O2/c1-12-8-14(19)18(11-16-12)10-15(20)17(2)9-13-6-4-3-5-7-13/h3-8,11H,9-10H2,1-2H3. The second-order valence-corrected chi connectivity index (χ2v) is 4.73. The molecule has 0 fully saturated rings. The van der Waals surface area contributed by atoms with E-state index < -0.39 is 0 Å². The molecule has 104 valence electrons. The quantitative estimate of drug-likeness (QED) is 0.840. The first-order chi connectivity index (χ1) is 9.56. The molecular weight excluding hydrogens is 254 g/mol. The number of carbonyl (C=O) groups excluding carboxylic acids is 1. The highest BCUT2D eigenvalue weighted by Crippen LogP contribution is 2.03. The van der Waals surface area contributed by atoms with Gasteiger partial charge in [0.1, 0.15) is 6.54 Å². The molecule has 0 aliphatic carbocycles. The van der Waals surface area contributed by atoms with Crippen molar-refractivity contribution in [1.82, 2.24) is 14.5 Å². The second kappa shape index (κ2) is 6.14. The van der Waals surface area contributed by atoms with E-state index in [1.807, 2.05) is 30.3 Å². The van der Waals surface area contributed by atoms with Crippen LogP contribution in [-0.4, -0.2) is 27.4 Å². The van der Waals surface area contributed by atoms with Crippen molar-refractivity contribution in [2.75, 3.05) is 7.05 Å². The Morgan fingerprint density at radius 1 is 1.30 bits per heavy atom. The lowest BCUT2D eigenvalue weighted by Gasteiger charge is -2.17. The molecule has 1 aromatic heterocycles. The first-order valence-electron chi connectivity index (χ1n) is 6.37. The highest BCUT2D eigenvalue weighted by molar-refractivity contribution is 5.75. The molecule has 0 aliphatic rings. The highest BCUT2D eigenvalue weighted by atomic mass is 16.2. The van der Waals surface area contributed by atoms with Gasteiger partial charge in [-0.1, -0.05) is 30.3 Å². The maximum absolute atomic E-state index is 12.1. The van der Waals surface area contributed by atoms with Crippen LogP contribution < -0.4 is 5.56 Å². The molecule has 2 rings (SSSR count). The summed E-state index contributed by atoms with van der Waals surface area (Å²) in [6.07, 6.45) is 1.41. The Bertz CT molecular complexity index is 650. The smallest absolute Gasteiger partial charge is 0.253 e. The number of benzene rings is 1. The third kappa shape index (κ3) is 3.54. The average Bonchev–Trinajstić information content (AvgIpc) is 2.43. The van der Waals surface area contributed by atoms with Gasteiger partial charge in [-0.2, -0.15) is 0 Å². The van der Waals surface area contributed by atoms with Crippen molar-refractivity contribution in [2.45, 2.75) is 20.0 Å². The van der Waals surface area contributed by atoms with Crippen LogP contribution in [0, 0.1) is 6.92 Å². The van der Waals surface area contributed by atoms with Crippen LogP contribution in [-0.2, 0) is 17.9 Å². The monoisotopic (exact) mass is 271 g/mol. The molecule has 0 unspecified atom stereocenters. The van der Waals surface area contributed by atoms with Crippen molar-refractivity contribution in [3.8, 4) is 0 Å². The minimum absolute atomic E-state index is 0.00937. The van der Waals surface area contributed by atoms with Crippen molar-refractivity contribution in [2.24, 2.45) is 0 Å². The van der Waals surface area contributed by atoms with Crippen LogP contribution in [0.4, 0.5) is 0 Å². The van der Waals surface area contributed by atoms with Crippen LogP contribution in [0.2, 0.25) is 0 Å². The summed E-state index contributed by atoms with van der Waals surface area (Å²) in [6.45, 7) is 2.28. The molecule has 0 aliphatic heterocycles. The van der Waals surface area contributed by atoms with E-state index in [2.05, 4.69) is 4.98 Å². The highest BCUT2D eigenvalue weighted by Gasteiger charge is 2.11. The summed E-state index contributed by atoms with van der Waals surface area (Å²) >= 11 is 0. The molecule has 0 atom stereocenters. The Kier molecular flexibility index (Phi) is 4.30. The summed E-state index contributed by atoms with van der Waals surface area (Å²) in [6, 6.07) is 11.1. The van der Waals surface area contributed by atoms with E-state index >= 15 is 0 Å². The maximum Gasteiger partial charge on any atom is 0.253 e. The Balaban J connectivity index is 2.02. The molecule has 0 saturated carbocycles. The largest absolute Gasteiger partial charge is 0.340 e. The fourth-order valence-corrected chi connectivity index (χ4v) is 1.85. The third-order valence-corrected chi connectivity index (χ3v) is 3.01. The molecule has 1 heterocycles. The van der Waals surface area contributed by atoms with E-state index in [4.69, 9.17) is 0 Å². The van der Waals surface area contributed by atoms with Gasteiger partial charge in [0.2, 0.25) is 5.91 Å². The van der Waals surface area contributed by atoms with Gasteiger partial charge in [-0.05, 0) is 12.5 Å². The van der Waals surface area contributed by atoms with Crippen LogP contribution in [0.3, 0.4) is 0 Å². The van der Waals surface area contributed by atoms with Gasteiger partial charge in [-0.3, -0.25) is 14.2 Å². The number of hydrogen-bond donors (Lipinski definition) is 0. The molecule has 0 N–H and O–H groups in total. The molecule has 1 aromatic carbocycles. The number of likely N-dealkylation sites (N-methyl/N-ethyl adjacent to an activating group) is 1. The number of carbonyl (C=O) groups is 1. The Hall–Kier alpha value is -2.43. The van der Waals surface area contributed by atoms with Crippen LogP contribution in [0.25, 0.3) is 0 Å². The van der Waals surface area contributed by atoms with Gasteiger partial charge < -0.3 is 4.90 Å². The van der Waals surface area contributed by atoms with Crippen molar-refractivity contribution in [1.29, 1.82) is 0 Å². The van der Waals surface area contributed by atoms with Crippen molar-refractivity contribution in [3.63, 3.8) is 0 Å². The summed E-state index contributed by atoms with van der Waals surface area (Å²) in [4.78, 5) is 29.4. The minimum atomic E-state index is -0.209. The van der Waals surface area contributed by atoms with Crippen molar-refractivity contribution in [3.05, 3.63) is 64.3 Å². The first kappa shape index (κ1) is 14.0. The van der Waals surface area contributed by atoms with E-state index in [-0.39, 0.29) is 18.0 Å². The second-order valence-electron chi connectivity index (χ2n) is 4.73. The Morgan fingerprint density at radius 3 is 2.65 bits per heavy atom. The number of nitrogens with zero attached hydrogens (tertiary/aromatic N) is 3. The van der Waals surface area contributed by atoms with E-state index in [9.17, 15) is 9.59 Å². The van der Waals surface area contributed by atoms with Crippen LogP contribution >= 0.6 is 0 Å². The number of amides is 1. The normalized spacial score (nSPS) is 10.3. The molecule has 2 aromatic rings. The lowest BCUT2D eigenvalue weighted by molar-refractivity contribution is -0.131. The molecule has 0 bridgehead atoms. The number of aromatic nitrogens is 2. The number of rotatable bonds is 4. The molecule has 0 saturated heterocycles. The van der Waals surface area contributed by atoms with Crippen LogP contribution in [0.5, 0.6) is 0 Å². The van der Waals surface area contributed by atoms with Gasteiger partial charge >= 0.3 is 0 Å². The van der Waals surface area contributed by atoms with Crippen molar-refractivity contribution < 1.29 is 4.79 Å². The number of aryl methyl sites for hydroxylation is 1.